The molecule has 1 aliphatic rings. The van der Waals surface area contributed by atoms with Gasteiger partial charge in [0, 0.05) is 25.7 Å². The van der Waals surface area contributed by atoms with Gasteiger partial charge in [0.25, 0.3) is 0 Å². The SMILES string of the molecule is NC(CCC(=O)NC1CCOCC1)C(=O)O. The first-order valence-corrected chi connectivity index (χ1v) is 5.45. The first kappa shape index (κ1) is 12.9. The van der Waals surface area contributed by atoms with Crippen LogP contribution in [0.5, 0.6) is 0 Å². The third kappa shape index (κ3) is 4.59. The molecule has 1 unspecified atom stereocenters. The number of nitrogens with one attached hydrogen (secondary N) is 1. The van der Waals surface area contributed by atoms with Crippen LogP contribution in [0.4, 0.5) is 0 Å². The summed E-state index contributed by atoms with van der Waals surface area (Å²) in [6, 6.07) is -0.803. The second-order valence-corrected chi connectivity index (χ2v) is 3.94. The fraction of sp³-hybridized carbons (Fsp3) is 0.800. The van der Waals surface area contributed by atoms with Crippen molar-refractivity contribution >= 4 is 11.9 Å². The summed E-state index contributed by atoms with van der Waals surface area (Å²) in [7, 11) is 0. The summed E-state index contributed by atoms with van der Waals surface area (Å²) in [4.78, 5) is 21.9. The Kier molecular flexibility index (Phi) is 5.21. The van der Waals surface area contributed by atoms with E-state index < -0.39 is 12.0 Å². The number of carboxylic acid groups (broad SMARTS) is 1. The predicted molar refractivity (Wildman–Crippen MR) is 56.8 cm³/mol. The molecule has 0 aromatic carbocycles. The number of rotatable bonds is 5. The maximum atomic E-state index is 11.4. The number of aliphatic carboxylic acids is 1. The molecule has 0 aliphatic carbocycles. The van der Waals surface area contributed by atoms with E-state index in [9.17, 15) is 9.59 Å². The molecule has 1 amide bonds. The van der Waals surface area contributed by atoms with E-state index >= 15 is 0 Å². The summed E-state index contributed by atoms with van der Waals surface area (Å²) in [5, 5.41) is 11.4. The molecule has 1 aliphatic heterocycles. The largest absolute Gasteiger partial charge is 0.480 e. The van der Waals surface area contributed by atoms with Gasteiger partial charge in [0.1, 0.15) is 6.04 Å². The summed E-state index contributed by atoms with van der Waals surface area (Å²) in [6.07, 6.45) is 1.96. The zero-order valence-corrected chi connectivity index (χ0v) is 9.15. The van der Waals surface area contributed by atoms with Gasteiger partial charge in [-0.2, -0.15) is 0 Å². The van der Waals surface area contributed by atoms with Crippen LogP contribution >= 0.6 is 0 Å². The van der Waals surface area contributed by atoms with Gasteiger partial charge in [0.05, 0.1) is 0 Å². The maximum absolute atomic E-state index is 11.4. The van der Waals surface area contributed by atoms with Gasteiger partial charge < -0.3 is 20.9 Å². The second-order valence-electron chi connectivity index (χ2n) is 3.94. The minimum atomic E-state index is -1.07. The molecule has 0 radical (unpaired) electrons. The van der Waals surface area contributed by atoms with Crippen molar-refractivity contribution in [2.45, 2.75) is 37.8 Å². The van der Waals surface area contributed by atoms with Crippen molar-refractivity contribution in [2.24, 2.45) is 5.73 Å². The zero-order chi connectivity index (χ0) is 12.0. The molecule has 1 saturated heterocycles. The van der Waals surface area contributed by atoms with Gasteiger partial charge in [-0.25, -0.2) is 0 Å². The number of amides is 1. The molecule has 1 atom stereocenters. The number of carboxylic acids is 1. The van der Waals surface area contributed by atoms with E-state index in [1.165, 1.54) is 0 Å². The first-order chi connectivity index (χ1) is 7.59. The van der Waals surface area contributed by atoms with E-state index in [1.807, 2.05) is 0 Å². The molecule has 6 heteroatoms. The van der Waals surface area contributed by atoms with Gasteiger partial charge in [-0.15, -0.1) is 0 Å². The van der Waals surface area contributed by atoms with Gasteiger partial charge in [0.15, 0.2) is 0 Å². The Hall–Kier alpha value is -1.14. The van der Waals surface area contributed by atoms with Crippen molar-refractivity contribution in [3.63, 3.8) is 0 Å². The van der Waals surface area contributed by atoms with Crippen molar-refractivity contribution in [1.82, 2.24) is 5.32 Å². The Labute approximate surface area is 94.1 Å². The molecule has 1 fully saturated rings. The zero-order valence-electron chi connectivity index (χ0n) is 9.15. The number of carbonyl (C=O) groups is 2. The molecule has 1 heterocycles. The van der Waals surface area contributed by atoms with Crippen LogP contribution in [-0.4, -0.2) is 42.3 Å². The van der Waals surface area contributed by atoms with E-state index in [2.05, 4.69) is 5.32 Å². The van der Waals surface area contributed by atoms with Crippen LogP contribution in [-0.2, 0) is 14.3 Å². The Morgan fingerprint density at radius 3 is 2.62 bits per heavy atom. The van der Waals surface area contributed by atoms with Crippen LogP contribution < -0.4 is 11.1 Å². The summed E-state index contributed by atoms with van der Waals surface area (Å²) in [5.74, 6) is -1.21. The van der Waals surface area contributed by atoms with Gasteiger partial charge in [-0.1, -0.05) is 0 Å². The fourth-order valence-corrected chi connectivity index (χ4v) is 1.55. The van der Waals surface area contributed by atoms with E-state index in [4.69, 9.17) is 15.6 Å². The summed E-state index contributed by atoms with van der Waals surface area (Å²) in [6.45, 7) is 1.33. The number of hydrogen-bond donors (Lipinski definition) is 3. The molecule has 0 bridgehead atoms. The molecule has 0 aromatic heterocycles. The summed E-state index contributed by atoms with van der Waals surface area (Å²) >= 11 is 0. The Morgan fingerprint density at radius 1 is 1.44 bits per heavy atom. The average Bonchev–Trinajstić information content (AvgIpc) is 2.27. The van der Waals surface area contributed by atoms with Crippen molar-refractivity contribution in [3.8, 4) is 0 Å². The minimum Gasteiger partial charge on any atom is -0.480 e. The van der Waals surface area contributed by atoms with E-state index in [0.29, 0.717) is 13.2 Å². The van der Waals surface area contributed by atoms with E-state index in [-0.39, 0.29) is 24.8 Å². The fourth-order valence-electron chi connectivity index (χ4n) is 1.55. The van der Waals surface area contributed by atoms with Crippen molar-refractivity contribution in [1.29, 1.82) is 0 Å². The first-order valence-electron chi connectivity index (χ1n) is 5.45. The Bertz CT molecular complexity index is 251. The molecule has 4 N–H and O–H groups in total. The molecule has 0 spiro atoms. The third-order valence-corrected chi connectivity index (χ3v) is 2.59. The number of hydrogen-bond acceptors (Lipinski definition) is 4. The van der Waals surface area contributed by atoms with Gasteiger partial charge in [0.2, 0.25) is 5.91 Å². The van der Waals surface area contributed by atoms with Crippen LogP contribution in [0.1, 0.15) is 25.7 Å². The highest BCUT2D eigenvalue weighted by molar-refractivity contribution is 5.78. The van der Waals surface area contributed by atoms with Crippen molar-refractivity contribution in [2.75, 3.05) is 13.2 Å². The smallest absolute Gasteiger partial charge is 0.320 e. The standard InChI is InChI=1S/C10H18N2O4/c11-8(10(14)15)1-2-9(13)12-7-3-5-16-6-4-7/h7-8H,1-6,11H2,(H,12,13)(H,14,15). The monoisotopic (exact) mass is 230 g/mol. The number of nitrogens with two attached hydrogens (primary N) is 1. The molecule has 1 rings (SSSR count). The highest BCUT2D eigenvalue weighted by atomic mass is 16.5. The average molecular weight is 230 g/mol. The van der Waals surface area contributed by atoms with Crippen molar-refractivity contribution in [3.05, 3.63) is 0 Å². The molecule has 92 valence electrons. The molecular weight excluding hydrogens is 212 g/mol. The van der Waals surface area contributed by atoms with Crippen LogP contribution in [0, 0.1) is 0 Å². The van der Waals surface area contributed by atoms with Crippen LogP contribution in [0.15, 0.2) is 0 Å². The highest BCUT2D eigenvalue weighted by Crippen LogP contribution is 2.06. The lowest BCUT2D eigenvalue weighted by Gasteiger charge is -2.23. The van der Waals surface area contributed by atoms with E-state index in [1.54, 1.807) is 0 Å². The summed E-state index contributed by atoms with van der Waals surface area (Å²) < 4.78 is 5.16. The van der Waals surface area contributed by atoms with Gasteiger partial charge in [-0.05, 0) is 19.3 Å². The topological polar surface area (TPSA) is 102 Å². The third-order valence-electron chi connectivity index (χ3n) is 2.59. The molecule has 6 nitrogen and oxygen atoms in total. The summed E-state index contributed by atoms with van der Waals surface area (Å²) in [5.41, 5.74) is 5.30. The second kappa shape index (κ2) is 6.44. The lowest BCUT2D eigenvalue weighted by atomic mass is 10.1. The molecule has 0 aromatic rings. The molecule has 16 heavy (non-hydrogen) atoms. The molecular formula is C10H18N2O4. The lowest BCUT2D eigenvalue weighted by molar-refractivity contribution is -0.138. The molecule has 0 saturated carbocycles. The van der Waals surface area contributed by atoms with Crippen molar-refractivity contribution < 1.29 is 19.4 Å². The normalized spacial score (nSPS) is 19.1. The van der Waals surface area contributed by atoms with Crippen LogP contribution in [0.3, 0.4) is 0 Å². The van der Waals surface area contributed by atoms with Gasteiger partial charge in [-0.3, -0.25) is 9.59 Å². The Morgan fingerprint density at radius 2 is 2.06 bits per heavy atom. The van der Waals surface area contributed by atoms with E-state index in [0.717, 1.165) is 12.8 Å². The number of carbonyl (C=O) groups excluding carboxylic acids is 1. The van der Waals surface area contributed by atoms with Crippen LogP contribution in [0.2, 0.25) is 0 Å². The quantitative estimate of drug-likeness (QED) is 0.589. The van der Waals surface area contributed by atoms with Gasteiger partial charge >= 0.3 is 5.97 Å². The lowest BCUT2D eigenvalue weighted by Crippen LogP contribution is -2.40. The van der Waals surface area contributed by atoms with Crippen LogP contribution in [0.25, 0.3) is 0 Å². The predicted octanol–water partition coefficient (Wildman–Crippen LogP) is -0.526. The minimum absolute atomic E-state index is 0.136. The highest BCUT2D eigenvalue weighted by Gasteiger charge is 2.18. The number of ether oxygens (including phenoxy) is 1. The maximum Gasteiger partial charge on any atom is 0.320 e. The Balaban J connectivity index is 2.17.